The van der Waals surface area contributed by atoms with Crippen molar-refractivity contribution in [1.29, 1.82) is 0 Å². The number of phenolic OH excluding ortho intramolecular Hbond substituents is 2. The first-order chi connectivity index (χ1) is 11.0. The molecule has 1 aliphatic rings. The fourth-order valence-electron chi connectivity index (χ4n) is 3.26. The first kappa shape index (κ1) is 15.7. The highest BCUT2D eigenvalue weighted by Gasteiger charge is 2.41. The molecule has 4 atom stereocenters. The van der Waals surface area contributed by atoms with Gasteiger partial charge in [-0.15, -0.1) is 0 Å². The minimum atomic E-state index is -0.197. The number of methoxy groups -OCH3 is 1. The Morgan fingerprint density at radius 3 is 2.17 bits per heavy atom. The summed E-state index contributed by atoms with van der Waals surface area (Å²) in [6.45, 7) is 4.29. The summed E-state index contributed by atoms with van der Waals surface area (Å²) >= 11 is 0. The maximum atomic E-state index is 10.1. The van der Waals surface area contributed by atoms with Crippen molar-refractivity contribution >= 4 is 0 Å². The van der Waals surface area contributed by atoms with Crippen LogP contribution in [0.3, 0.4) is 0 Å². The second kappa shape index (κ2) is 6.13. The molecule has 23 heavy (non-hydrogen) atoms. The highest BCUT2D eigenvalue weighted by Crippen LogP contribution is 2.50. The lowest BCUT2D eigenvalue weighted by Crippen LogP contribution is -2.09. The Kier molecular flexibility index (Phi) is 4.18. The van der Waals surface area contributed by atoms with E-state index in [4.69, 9.17) is 9.47 Å². The van der Waals surface area contributed by atoms with Gasteiger partial charge in [-0.05, 0) is 41.7 Å². The van der Waals surface area contributed by atoms with Crippen LogP contribution in [0.2, 0.25) is 0 Å². The zero-order chi connectivity index (χ0) is 16.6. The van der Waals surface area contributed by atoms with E-state index in [1.807, 2.05) is 24.3 Å². The summed E-state index contributed by atoms with van der Waals surface area (Å²) in [6, 6.07) is 12.6. The molecule has 0 bridgehead atoms. The van der Waals surface area contributed by atoms with E-state index in [-0.39, 0.29) is 29.6 Å². The monoisotopic (exact) mass is 314 g/mol. The molecule has 1 aliphatic heterocycles. The van der Waals surface area contributed by atoms with E-state index < -0.39 is 0 Å². The number of ether oxygens (including phenoxy) is 2. The zero-order valence-electron chi connectivity index (χ0n) is 13.6. The van der Waals surface area contributed by atoms with E-state index in [1.54, 1.807) is 19.2 Å². The molecule has 1 saturated heterocycles. The number of hydrogen-bond acceptors (Lipinski definition) is 4. The maximum Gasteiger partial charge on any atom is 0.125 e. The molecule has 2 aromatic rings. The van der Waals surface area contributed by atoms with Crippen LogP contribution in [0.4, 0.5) is 0 Å². The Bertz CT molecular complexity index is 680. The largest absolute Gasteiger partial charge is 0.508 e. The summed E-state index contributed by atoms with van der Waals surface area (Å²) in [5.41, 5.74) is 1.82. The van der Waals surface area contributed by atoms with Crippen molar-refractivity contribution < 1.29 is 19.7 Å². The summed E-state index contributed by atoms with van der Waals surface area (Å²) < 4.78 is 11.5. The van der Waals surface area contributed by atoms with Crippen molar-refractivity contribution in [1.82, 2.24) is 0 Å². The Hall–Kier alpha value is -2.20. The van der Waals surface area contributed by atoms with Crippen LogP contribution >= 0.6 is 0 Å². The normalized spacial score (nSPS) is 27.1. The lowest BCUT2D eigenvalue weighted by molar-refractivity contribution is 0.0278. The molecular formula is C19H22O4. The van der Waals surface area contributed by atoms with Crippen LogP contribution in [-0.4, -0.2) is 17.3 Å². The molecule has 0 amide bonds. The van der Waals surface area contributed by atoms with Crippen molar-refractivity contribution in [3.8, 4) is 17.2 Å². The van der Waals surface area contributed by atoms with Gasteiger partial charge in [-0.1, -0.05) is 26.0 Å². The Morgan fingerprint density at radius 1 is 0.913 bits per heavy atom. The lowest BCUT2D eigenvalue weighted by atomic mass is 9.85. The van der Waals surface area contributed by atoms with E-state index in [2.05, 4.69) is 13.8 Å². The van der Waals surface area contributed by atoms with Gasteiger partial charge in [0.2, 0.25) is 0 Å². The van der Waals surface area contributed by atoms with Crippen LogP contribution in [0.1, 0.15) is 37.2 Å². The molecule has 0 radical (unpaired) electrons. The summed E-state index contributed by atoms with van der Waals surface area (Å²) in [5, 5.41) is 19.6. The summed E-state index contributed by atoms with van der Waals surface area (Å²) in [4.78, 5) is 0. The van der Waals surface area contributed by atoms with E-state index >= 15 is 0 Å². The molecule has 1 fully saturated rings. The average Bonchev–Trinajstić information content (AvgIpc) is 2.84. The van der Waals surface area contributed by atoms with Crippen LogP contribution in [0, 0.1) is 11.8 Å². The second-order valence-electron chi connectivity index (χ2n) is 6.21. The molecule has 122 valence electrons. The van der Waals surface area contributed by atoms with Crippen molar-refractivity contribution in [2.75, 3.05) is 7.11 Å². The van der Waals surface area contributed by atoms with Gasteiger partial charge in [-0.2, -0.15) is 0 Å². The number of phenols is 2. The van der Waals surface area contributed by atoms with Crippen LogP contribution in [0.15, 0.2) is 42.5 Å². The van der Waals surface area contributed by atoms with E-state index in [9.17, 15) is 10.2 Å². The van der Waals surface area contributed by atoms with Crippen LogP contribution in [0.5, 0.6) is 17.2 Å². The van der Waals surface area contributed by atoms with E-state index in [1.165, 1.54) is 6.07 Å². The molecule has 0 aromatic heterocycles. The third-order valence-corrected chi connectivity index (χ3v) is 4.84. The standard InChI is InChI=1S/C19H22O4/c1-11-12(2)19(16-9-6-14(20)10-17(16)21)23-18(11)13-4-7-15(22-3)8-5-13/h4-12,18-21H,1-3H3/t11-,12+,18+,19+/m0/s1. The predicted octanol–water partition coefficient (Wildman–Crippen LogP) is 4.19. The topological polar surface area (TPSA) is 58.9 Å². The fourth-order valence-corrected chi connectivity index (χ4v) is 3.26. The molecule has 0 spiro atoms. The zero-order valence-corrected chi connectivity index (χ0v) is 13.6. The lowest BCUT2D eigenvalue weighted by Gasteiger charge is -2.17. The summed E-state index contributed by atoms with van der Waals surface area (Å²) in [5.74, 6) is 1.50. The van der Waals surface area contributed by atoms with Gasteiger partial charge < -0.3 is 19.7 Å². The summed E-state index contributed by atoms with van der Waals surface area (Å²) in [7, 11) is 1.65. The van der Waals surface area contributed by atoms with Crippen molar-refractivity contribution in [2.45, 2.75) is 26.1 Å². The number of hydrogen-bond donors (Lipinski definition) is 2. The second-order valence-corrected chi connectivity index (χ2v) is 6.21. The molecule has 1 heterocycles. The molecule has 0 aliphatic carbocycles. The minimum Gasteiger partial charge on any atom is -0.508 e. The van der Waals surface area contributed by atoms with Crippen LogP contribution in [0.25, 0.3) is 0 Å². The van der Waals surface area contributed by atoms with Gasteiger partial charge in [0.1, 0.15) is 17.2 Å². The van der Waals surface area contributed by atoms with Gasteiger partial charge in [0, 0.05) is 11.6 Å². The van der Waals surface area contributed by atoms with Gasteiger partial charge in [0.05, 0.1) is 19.3 Å². The quantitative estimate of drug-likeness (QED) is 0.892. The first-order valence-electron chi connectivity index (χ1n) is 7.82. The maximum absolute atomic E-state index is 10.1. The van der Waals surface area contributed by atoms with Gasteiger partial charge in [-0.3, -0.25) is 0 Å². The highest BCUT2D eigenvalue weighted by atomic mass is 16.5. The molecule has 4 nitrogen and oxygen atoms in total. The minimum absolute atomic E-state index is 0.0332. The number of rotatable bonds is 3. The van der Waals surface area contributed by atoms with Crippen LogP contribution in [-0.2, 0) is 4.74 Å². The third kappa shape index (κ3) is 2.86. The van der Waals surface area contributed by atoms with Gasteiger partial charge >= 0.3 is 0 Å². The fraction of sp³-hybridized carbons (Fsp3) is 0.368. The Labute approximate surface area is 136 Å². The number of benzene rings is 2. The van der Waals surface area contributed by atoms with Crippen molar-refractivity contribution in [3.05, 3.63) is 53.6 Å². The molecule has 3 rings (SSSR count). The highest BCUT2D eigenvalue weighted by molar-refractivity contribution is 5.41. The van der Waals surface area contributed by atoms with Gasteiger partial charge in [0.25, 0.3) is 0 Å². The van der Waals surface area contributed by atoms with Crippen molar-refractivity contribution in [2.24, 2.45) is 11.8 Å². The molecule has 0 unspecified atom stereocenters. The third-order valence-electron chi connectivity index (χ3n) is 4.84. The SMILES string of the molecule is COc1ccc([C@@H]2O[C@@H](c3ccc(O)cc3O)[C@H](C)[C@@H]2C)cc1. The molecule has 0 saturated carbocycles. The Morgan fingerprint density at radius 2 is 1.57 bits per heavy atom. The number of aromatic hydroxyl groups is 2. The first-order valence-corrected chi connectivity index (χ1v) is 7.82. The Balaban J connectivity index is 1.88. The van der Waals surface area contributed by atoms with Crippen molar-refractivity contribution in [3.63, 3.8) is 0 Å². The molecule has 2 aromatic carbocycles. The van der Waals surface area contributed by atoms with Crippen LogP contribution < -0.4 is 4.74 Å². The molecular weight excluding hydrogens is 292 g/mol. The van der Waals surface area contributed by atoms with E-state index in [0.29, 0.717) is 5.92 Å². The van der Waals surface area contributed by atoms with E-state index in [0.717, 1.165) is 16.9 Å². The smallest absolute Gasteiger partial charge is 0.125 e. The molecule has 2 N–H and O–H groups in total. The van der Waals surface area contributed by atoms with Gasteiger partial charge in [0.15, 0.2) is 0 Å². The average molecular weight is 314 g/mol. The summed E-state index contributed by atoms with van der Waals surface area (Å²) in [6.07, 6.45) is -0.230. The predicted molar refractivity (Wildman–Crippen MR) is 87.7 cm³/mol. The van der Waals surface area contributed by atoms with Gasteiger partial charge in [-0.25, -0.2) is 0 Å². The molecule has 4 heteroatoms.